The molecule has 0 unspecified atom stereocenters. The maximum Gasteiger partial charge on any atom is 0.265 e. The average molecular weight is 507 g/mol. The fraction of sp³-hybridized carbons (Fsp3) is 0.524. The van der Waals surface area contributed by atoms with Crippen LogP contribution in [0.3, 0.4) is 0 Å². The highest BCUT2D eigenvalue weighted by Gasteiger charge is 2.22. The number of thiazole rings is 1. The summed E-state index contributed by atoms with van der Waals surface area (Å²) < 4.78 is 27.2. The quantitative estimate of drug-likeness (QED) is 0.544. The number of halogens is 3. The zero-order valence-corrected chi connectivity index (χ0v) is 21.0. The molecule has 4 rings (SSSR count). The Morgan fingerprint density at radius 2 is 2.00 bits per heavy atom. The fourth-order valence-electron chi connectivity index (χ4n) is 3.63. The number of aromatic nitrogens is 2. The van der Waals surface area contributed by atoms with Gasteiger partial charge in [-0.15, -0.1) is 24.8 Å². The van der Waals surface area contributed by atoms with E-state index < -0.39 is 0 Å². The highest BCUT2D eigenvalue weighted by atomic mass is 35.5. The summed E-state index contributed by atoms with van der Waals surface area (Å²) in [4.78, 5) is 20.3. The highest BCUT2D eigenvalue weighted by Crippen LogP contribution is 2.27. The molecule has 0 atom stereocenters. The molecule has 3 heterocycles. The number of hydrogen-bond acceptors (Lipinski definition) is 6. The van der Waals surface area contributed by atoms with Crippen molar-refractivity contribution in [3.63, 3.8) is 0 Å². The van der Waals surface area contributed by atoms with Gasteiger partial charge >= 0.3 is 0 Å². The summed E-state index contributed by atoms with van der Waals surface area (Å²) in [5.74, 6) is -0.343. The van der Waals surface area contributed by atoms with E-state index in [0.717, 1.165) is 5.52 Å². The van der Waals surface area contributed by atoms with Gasteiger partial charge in [0.15, 0.2) is 11.3 Å². The third kappa shape index (κ3) is 5.89. The first kappa shape index (κ1) is 26.8. The normalized spacial score (nSPS) is 14.5. The van der Waals surface area contributed by atoms with E-state index >= 15 is 0 Å². The standard InChI is InChI=1S/C21H27FN4O3S.2ClH/c1-21(2,3)12-25(4)19(27)17-11-26-16-7-13(9-23-10-18-28-5-6-29-18)14(22)8-15(16)24-20(26)30-17;;/h7-8,11,18,23H,5-6,9-10,12H2,1-4H3;2*1H. The van der Waals surface area contributed by atoms with E-state index in [1.54, 1.807) is 17.2 Å². The number of carbonyl (C=O) groups excluding carboxylic acids is 1. The van der Waals surface area contributed by atoms with Gasteiger partial charge in [0, 0.05) is 44.5 Å². The number of ether oxygens (including phenoxy) is 2. The van der Waals surface area contributed by atoms with Crippen LogP contribution in [0, 0.1) is 11.2 Å². The predicted octanol–water partition coefficient (Wildman–Crippen LogP) is 4.11. The average Bonchev–Trinajstić information content (AvgIpc) is 3.36. The zero-order chi connectivity index (χ0) is 21.5. The smallest absolute Gasteiger partial charge is 0.265 e. The third-order valence-electron chi connectivity index (χ3n) is 4.86. The van der Waals surface area contributed by atoms with E-state index in [1.807, 2.05) is 11.4 Å². The maximum atomic E-state index is 14.5. The van der Waals surface area contributed by atoms with Crippen LogP contribution in [0.4, 0.5) is 4.39 Å². The second-order valence-electron chi connectivity index (χ2n) is 8.82. The highest BCUT2D eigenvalue weighted by molar-refractivity contribution is 7.18. The molecule has 1 amide bonds. The SMILES string of the molecule is CN(CC(C)(C)C)C(=O)c1cn2c(nc3cc(F)c(CNCC4OCCO4)cc32)s1.Cl.Cl. The molecular formula is C21H29Cl2FN4O3S. The van der Waals surface area contributed by atoms with Crippen LogP contribution in [0.1, 0.15) is 36.0 Å². The Labute approximate surface area is 203 Å². The second kappa shape index (κ2) is 10.6. The molecule has 1 aliphatic heterocycles. The molecule has 0 spiro atoms. The molecule has 0 radical (unpaired) electrons. The Morgan fingerprint density at radius 3 is 2.66 bits per heavy atom. The van der Waals surface area contributed by atoms with Gasteiger partial charge in [-0.3, -0.25) is 9.20 Å². The first-order valence-electron chi connectivity index (χ1n) is 10.0. The summed E-state index contributed by atoms with van der Waals surface area (Å²) in [5.41, 5.74) is 1.91. The lowest BCUT2D eigenvalue weighted by Gasteiger charge is -2.26. The zero-order valence-electron chi connectivity index (χ0n) is 18.5. The van der Waals surface area contributed by atoms with Gasteiger partial charge in [0.05, 0.1) is 24.2 Å². The van der Waals surface area contributed by atoms with Crippen molar-refractivity contribution in [3.8, 4) is 0 Å². The number of rotatable bonds is 6. The summed E-state index contributed by atoms with van der Waals surface area (Å²) in [6.45, 7) is 8.97. The minimum absolute atomic E-state index is 0. The predicted molar refractivity (Wildman–Crippen MR) is 129 cm³/mol. The van der Waals surface area contributed by atoms with E-state index in [0.29, 0.717) is 53.8 Å². The van der Waals surface area contributed by atoms with E-state index in [2.05, 4.69) is 31.1 Å². The van der Waals surface area contributed by atoms with Gasteiger partial charge in [0.1, 0.15) is 10.7 Å². The van der Waals surface area contributed by atoms with Gasteiger partial charge in [0.2, 0.25) is 0 Å². The first-order valence-corrected chi connectivity index (χ1v) is 10.8. The molecule has 178 valence electrons. The van der Waals surface area contributed by atoms with E-state index in [1.165, 1.54) is 17.4 Å². The third-order valence-corrected chi connectivity index (χ3v) is 5.83. The number of fused-ring (bicyclic) bond motifs is 3. The van der Waals surface area contributed by atoms with Crippen molar-refractivity contribution in [2.45, 2.75) is 33.6 Å². The van der Waals surface area contributed by atoms with Gasteiger partial charge in [-0.2, -0.15) is 0 Å². The number of nitrogens with one attached hydrogen (secondary N) is 1. The van der Waals surface area contributed by atoms with Crippen molar-refractivity contribution in [1.29, 1.82) is 0 Å². The number of nitrogens with zero attached hydrogens (tertiary/aromatic N) is 3. The van der Waals surface area contributed by atoms with E-state index in [-0.39, 0.29) is 48.2 Å². The molecule has 0 bridgehead atoms. The van der Waals surface area contributed by atoms with Gasteiger partial charge in [-0.25, -0.2) is 9.37 Å². The monoisotopic (exact) mass is 506 g/mol. The molecule has 1 aromatic carbocycles. The van der Waals surface area contributed by atoms with Gasteiger partial charge in [0.25, 0.3) is 5.91 Å². The second-order valence-corrected chi connectivity index (χ2v) is 9.83. The molecule has 0 saturated carbocycles. The molecule has 7 nitrogen and oxygen atoms in total. The molecule has 1 N–H and O–H groups in total. The van der Waals surface area contributed by atoms with Crippen molar-refractivity contribution in [3.05, 3.63) is 34.6 Å². The first-order chi connectivity index (χ1) is 14.2. The molecule has 1 aliphatic rings. The Hall–Kier alpha value is -1.49. The van der Waals surface area contributed by atoms with Crippen molar-refractivity contribution in [2.75, 3.05) is 33.4 Å². The van der Waals surface area contributed by atoms with Crippen LogP contribution in [0.2, 0.25) is 0 Å². The van der Waals surface area contributed by atoms with Crippen LogP contribution in [0.25, 0.3) is 16.0 Å². The molecule has 11 heteroatoms. The van der Waals surface area contributed by atoms with Crippen molar-refractivity contribution in [1.82, 2.24) is 19.6 Å². The minimum atomic E-state index is -0.310. The molecule has 3 aromatic rings. The summed E-state index contributed by atoms with van der Waals surface area (Å²) in [6, 6.07) is 3.23. The number of benzene rings is 1. The van der Waals surface area contributed by atoms with Crippen LogP contribution < -0.4 is 5.32 Å². The Kier molecular flexibility index (Phi) is 8.89. The van der Waals surface area contributed by atoms with Gasteiger partial charge < -0.3 is 19.7 Å². The summed E-state index contributed by atoms with van der Waals surface area (Å²) >= 11 is 1.32. The van der Waals surface area contributed by atoms with Crippen molar-refractivity contribution >= 4 is 58.1 Å². The van der Waals surface area contributed by atoms with E-state index in [9.17, 15) is 9.18 Å². The molecule has 32 heavy (non-hydrogen) atoms. The summed E-state index contributed by atoms with van der Waals surface area (Å²) in [7, 11) is 1.81. The molecule has 0 aliphatic carbocycles. The summed E-state index contributed by atoms with van der Waals surface area (Å²) in [5, 5.41) is 3.17. The van der Waals surface area contributed by atoms with Crippen LogP contribution in [-0.2, 0) is 16.0 Å². The van der Waals surface area contributed by atoms with Gasteiger partial charge in [-0.1, -0.05) is 32.1 Å². The largest absolute Gasteiger partial charge is 0.349 e. The number of carbonyl (C=O) groups is 1. The van der Waals surface area contributed by atoms with Crippen molar-refractivity contribution in [2.24, 2.45) is 5.41 Å². The van der Waals surface area contributed by atoms with E-state index in [4.69, 9.17) is 9.47 Å². The number of amides is 1. The molecular weight excluding hydrogens is 478 g/mol. The fourth-order valence-corrected chi connectivity index (χ4v) is 4.62. The van der Waals surface area contributed by atoms with Gasteiger partial charge in [-0.05, 0) is 11.5 Å². The molecule has 1 saturated heterocycles. The van der Waals surface area contributed by atoms with Crippen LogP contribution >= 0.6 is 36.2 Å². The van der Waals surface area contributed by atoms with Crippen molar-refractivity contribution < 1.29 is 18.7 Å². The Balaban J connectivity index is 0.00000181. The lowest BCUT2D eigenvalue weighted by atomic mass is 9.96. The number of hydrogen-bond donors (Lipinski definition) is 1. The Bertz CT molecular complexity index is 1080. The van der Waals surface area contributed by atoms with Crippen LogP contribution in [-0.4, -0.2) is 59.8 Å². The Morgan fingerprint density at radius 1 is 1.31 bits per heavy atom. The summed E-state index contributed by atoms with van der Waals surface area (Å²) in [6.07, 6.45) is 1.51. The van der Waals surface area contributed by atoms with Crippen LogP contribution in [0.15, 0.2) is 18.3 Å². The van der Waals surface area contributed by atoms with Crippen LogP contribution in [0.5, 0.6) is 0 Å². The lowest BCUT2D eigenvalue weighted by molar-refractivity contribution is -0.0392. The molecule has 1 fully saturated rings. The topological polar surface area (TPSA) is 68.1 Å². The number of imidazole rings is 1. The lowest BCUT2D eigenvalue weighted by Crippen LogP contribution is -2.34. The maximum absolute atomic E-state index is 14.5. The molecule has 2 aromatic heterocycles. The minimum Gasteiger partial charge on any atom is -0.349 e.